The Morgan fingerprint density at radius 1 is 1.09 bits per heavy atom. The molecule has 22 heavy (non-hydrogen) atoms. The summed E-state index contributed by atoms with van der Waals surface area (Å²) in [5, 5.41) is 0.133. The van der Waals surface area contributed by atoms with Crippen molar-refractivity contribution in [2.24, 2.45) is 0 Å². The molecule has 0 N–H and O–H groups in total. The van der Waals surface area contributed by atoms with Gasteiger partial charge in [-0.3, -0.25) is 4.79 Å². The summed E-state index contributed by atoms with van der Waals surface area (Å²) in [5.41, 5.74) is 3.74. The van der Waals surface area contributed by atoms with Gasteiger partial charge in [-0.15, -0.1) is 11.8 Å². The van der Waals surface area contributed by atoms with Gasteiger partial charge in [0.05, 0.1) is 5.75 Å². The molecule has 0 spiro atoms. The molecule has 0 aliphatic carbocycles. The van der Waals surface area contributed by atoms with Gasteiger partial charge in [-0.2, -0.15) is 0 Å². The molecule has 0 saturated carbocycles. The zero-order valence-electron chi connectivity index (χ0n) is 13.0. The highest BCUT2D eigenvalue weighted by Gasteiger charge is 2.32. The fraction of sp³-hybridized carbons (Fsp3) is 0.316. The van der Waals surface area contributed by atoms with Crippen molar-refractivity contribution in [1.82, 2.24) is 4.90 Å². The van der Waals surface area contributed by atoms with Gasteiger partial charge in [0.25, 0.3) is 0 Å². The molecule has 1 fully saturated rings. The van der Waals surface area contributed by atoms with Crippen molar-refractivity contribution >= 4 is 17.7 Å². The van der Waals surface area contributed by atoms with Gasteiger partial charge in [0.15, 0.2) is 0 Å². The maximum Gasteiger partial charge on any atom is 0.234 e. The largest absolute Gasteiger partial charge is 0.322 e. The highest BCUT2D eigenvalue weighted by atomic mass is 32.2. The Morgan fingerprint density at radius 3 is 2.41 bits per heavy atom. The normalized spacial score (nSPS) is 18.2. The molecule has 114 valence electrons. The highest BCUT2D eigenvalue weighted by molar-refractivity contribution is 8.00. The number of hydrogen-bond acceptors (Lipinski definition) is 2. The summed E-state index contributed by atoms with van der Waals surface area (Å²) >= 11 is 1.72. The Kier molecular flexibility index (Phi) is 4.53. The molecule has 1 atom stereocenters. The summed E-state index contributed by atoms with van der Waals surface area (Å²) in [6.45, 7) is 5.08. The van der Waals surface area contributed by atoms with Crippen LogP contribution < -0.4 is 0 Å². The second-order valence-corrected chi connectivity index (χ2v) is 7.06. The quantitative estimate of drug-likeness (QED) is 0.823. The number of benzene rings is 2. The molecular weight excluding hydrogens is 290 g/mol. The summed E-state index contributed by atoms with van der Waals surface area (Å²) in [6.07, 6.45) is 0. The van der Waals surface area contributed by atoms with E-state index in [-0.39, 0.29) is 11.3 Å². The number of carbonyl (C=O) groups excluding carboxylic acids is 1. The Hall–Kier alpha value is -1.74. The minimum atomic E-state index is 0.133. The Labute approximate surface area is 136 Å². The SMILES string of the molecule is CC(C)c1ccc(C2SCC(=O)N2Cc2ccccc2)cc1. The predicted molar refractivity (Wildman–Crippen MR) is 92.7 cm³/mol. The molecule has 1 unspecified atom stereocenters. The van der Waals surface area contributed by atoms with Gasteiger partial charge in [-0.25, -0.2) is 0 Å². The lowest BCUT2D eigenvalue weighted by atomic mass is 10.0. The van der Waals surface area contributed by atoms with Crippen LogP contribution in [0.3, 0.4) is 0 Å². The van der Waals surface area contributed by atoms with Gasteiger partial charge in [0.1, 0.15) is 5.37 Å². The number of thioether (sulfide) groups is 1. The van der Waals surface area contributed by atoms with E-state index in [1.165, 1.54) is 16.7 Å². The predicted octanol–water partition coefficient (Wildman–Crippen LogP) is 4.58. The molecule has 1 aliphatic rings. The fourth-order valence-electron chi connectivity index (χ4n) is 2.73. The van der Waals surface area contributed by atoms with Crippen molar-refractivity contribution in [2.75, 3.05) is 5.75 Å². The molecule has 2 aromatic carbocycles. The second kappa shape index (κ2) is 6.57. The van der Waals surface area contributed by atoms with Gasteiger partial charge in [0, 0.05) is 6.54 Å². The summed E-state index contributed by atoms with van der Waals surface area (Å²) in [6, 6.07) is 18.9. The lowest BCUT2D eigenvalue weighted by Gasteiger charge is -2.24. The lowest BCUT2D eigenvalue weighted by molar-refractivity contribution is -0.128. The summed E-state index contributed by atoms with van der Waals surface area (Å²) in [4.78, 5) is 14.2. The van der Waals surface area contributed by atoms with E-state index < -0.39 is 0 Å². The Morgan fingerprint density at radius 2 is 1.77 bits per heavy atom. The van der Waals surface area contributed by atoms with Crippen LogP contribution in [0.5, 0.6) is 0 Å². The van der Waals surface area contributed by atoms with E-state index in [0.717, 1.165) is 0 Å². The van der Waals surface area contributed by atoms with Crippen molar-refractivity contribution in [2.45, 2.75) is 31.7 Å². The number of hydrogen-bond donors (Lipinski definition) is 0. The Balaban J connectivity index is 1.81. The van der Waals surface area contributed by atoms with Crippen LogP contribution in [-0.2, 0) is 11.3 Å². The molecule has 3 heteroatoms. The third-order valence-corrected chi connectivity index (χ3v) is 5.31. The summed E-state index contributed by atoms with van der Waals surface area (Å²) < 4.78 is 0. The van der Waals surface area contributed by atoms with Crippen molar-refractivity contribution in [1.29, 1.82) is 0 Å². The minimum Gasteiger partial charge on any atom is -0.322 e. The molecule has 0 radical (unpaired) electrons. The summed E-state index contributed by atoms with van der Waals surface area (Å²) in [5.74, 6) is 1.34. The fourth-order valence-corrected chi connectivity index (χ4v) is 3.91. The van der Waals surface area contributed by atoms with Crippen LogP contribution in [0.15, 0.2) is 54.6 Å². The molecule has 0 aromatic heterocycles. The van der Waals surface area contributed by atoms with Gasteiger partial charge in [0.2, 0.25) is 5.91 Å². The van der Waals surface area contributed by atoms with Crippen LogP contribution in [0.2, 0.25) is 0 Å². The van der Waals surface area contributed by atoms with Crippen LogP contribution in [0.4, 0.5) is 0 Å². The van der Waals surface area contributed by atoms with Crippen LogP contribution >= 0.6 is 11.8 Å². The number of nitrogens with zero attached hydrogens (tertiary/aromatic N) is 1. The molecule has 1 aliphatic heterocycles. The van der Waals surface area contributed by atoms with Crippen molar-refractivity contribution < 1.29 is 4.79 Å². The van der Waals surface area contributed by atoms with Crippen molar-refractivity contribution in [3.8, 4) is 0 Å². The monoisotopic (exact) mass is 311 g/mol. The van der Waals surface area contributed by atoms with Gasteiger partial charge >= 0.3 is 0 Å². The topological polar surface area (TPSA) is 20.3 Å². The van der Waals surface area contributed by atoms with E-state index in [9.17, 15) is 4.79 Å². The molecule has 1 heterocycles. The molecule has 2 aromatic rings. The minimum absolute atomic E-state index is 0.133. The second-order valence-electron chi connectivity index (χ2n) is 5.99. The van der Waals surface area contributed by atoms with Gasteiger partial charge in [-0.1, -0.05) is 68.4 Å². The van der Waals surface area contributed by atoms with E-state index >= 15 is 0 Å². The first-order chi connectivity index (χ1) is 10.6. The van der Waals surface area contributed by atoms with E-state index in [4.69, 9.17) is 0 Å². The van der Waals surface area contributed by atoms with Crippen LogP contribution in [0, 0.1) is 0 Å². The standard InChI is InChI=1S/C19H21NOS/c1-14(2)16-8-10-17(11-9-16)19-20(18(21)13-22-19)12-15-6-4-3-5-7-15/h3-11,14,19H,12-13H2,1-2H3. The first kappa shape index (κ1) is 15.2. The van der Waals surface area contributed by atoms with Gasteiger partial charge in [-0.05, 0) is 22.6 Å². The lowest BCUT2D eigenvalue weighted by Crippen LogP contribution is -2.27. The van der Waals surface area contributed by atoms with E-state index in [0.29, 0.717) is 18.2 Å². The average molecular weight is 311 g/mol. The molecular formula is C19H21NOS. The van der Waals surface area contributed by atoms with Crippen molar-refractivity contribution in [3.05, 3.63) is 71.3 Å². The average Bonchev–Trinajstić information content (AvgIpc) is 2.89. The molecule has 1 saturated heterocycles. The third kappa shape index (κ3) is 3.20. The maximum absolute atomic E-state index is 12.2. The molecule has 0 bridgehead atoms. The highest BCUT2D eigenvalue weighted by Crippen LogP contribution is 2.39. The van der Waals surface area contributed by atoms with Crippen LogP contribution in [0.1, 0.15) is 41.8 Å². The third-order valence-electron chi connectivity index (χ3n) is 4.05. The first-order valence-corrected chi connectivity index (χ1v) is 8.75. The number of rotatable bonds is 4. The zero-order chi connectivity index (χ0) is 15.5. The van der Waals surface area contributed by atoms with Gasteiger partial charge < -0.3 is 4.90 Å². The smallest absolute Gasteiger partial charge is 0.234 e. The maximum atomic E-state index is 12.2. The van der Waals surface area contributed by atoms with Crippen molar-refractivity contribution in [3.63, 3.8) is 0 Å². The number of amides is 1. The molecule has 2 nitrogen and oxygen atoms in total. The first-order valence-electron chi connectivity index (χ1n) is 7.70. The molecule has 1 amide bonds. The zero-order valence-corrected chi connectivity index (χ0v) is 13.8. The Bertz CT molecular complexity index is 636. The van der Waals surface area contributed by atoms with E-state index in [2.05, 4.69) is 50.2 Å². The number of carbonyl (C=O) groups is 1. The van der Waals surface area contributed by atoms with E-state index in [1.807, 2.05) is 23.1 Å². The van der Waals surface area contributed by atoms with Crippen LogP contribution in [-0.4, -0.2) is 16.6 Å². The summed E-state index contributed by atoms with van der Waals surface area (Å²) in [7, 11) is 0. The van der Waals surface area contributed by atoms with Crippen LogP contribution in [0.25, 0.3) is 0 Å². The van der Waals surface area contributed by atoms with E-state index in [1.54, 1.807) is 11.8 Å². The molecule has 3 rings (SSSR count).